The Morgan fingerprint density at radius 2 is 2.00 bits per heavy atom. The molecular formula is C24H34FN5O2. The number of nitrogens with zero attached hydrogens (tertiary/aromatic N) is 5. The number of ether oxygens (including phenoxy) is 1. The van der Waals surface area contributed by atoms with Crippen molar-refractivity contribution in [3.8, 4) is 5.69 Å². The van der Waals surface area contributed by atoms with Crippen LogP contribution in [-0.2, 0) is 16.1 Å². The smallest absolute Gasteiger partial charge is 0.225 e. The van der Waals surface area contributed by atoms with E-state index in [0.29, 0.717) is 25.4 Å². The fourth-order valence-corrected chi connectivity index (χ4v) is 4.31. The lowest BCUT2D eigenvalue weighted by molar-refractivity contribution is -0.133. The van der Waals surface area contributed by atoms with E-state index in [2.05, 4.69) is 16.8 Å². The van der Waals surface area contributed by atoms with Crippen molar-refractivity contribution in [3.63, 3.8) is 0 Å². The number of likely N-dealkylation sites (N-methyl/N-ethyl adjacent to an activating group) is 1. The number of methoxy groups -OCH3 is 1. The van der Waals surface area contributed by atoms with E-state index < -0.39 is 0 Å². The first-order chi connectivity index (χ1) is 15.5. The summed E-state index contributed by atoms with van der Waals surface area (Å²) in [4.78, 5) is 19.7. The van der Waals surface area contributed by atoms with Crippen LogP contribution in [0.3, 0.4) is 0 Å². The van der Waals surface area contributed by atoms with Gasteiger partial charge in [-0.1, -0.05) is 6.07 Å². The number of piperazine rings is 1. The summed E-state index contributed by atoms with van der Waals surface area (Å²) in [5.41, 5.74) is 2.63. The first-order valence-corrected chi connectivity index (χ1v) is 11.5. The lowest BCUT2D eigenvalue weighted by atomic mass is 10.1. The molecule has 0 N–H and O–H groups in total. The van der Waals surface area contributed by atoms with Crippen LogP contribution in [0, 0.1) is 18.7 Å². The van der Waals surface area contributed by atoms with Crippen molar-refractivity contribution in [3.05, 3.63) is 41.3 Å². The molecule has 2 aromatic rings. The van der Waals surface area contributed by atoms with Crippen LogP contribution < -0.4 is 4.90 Å². The predicted molar refractivity (Wildman–Crippen MR) is 123 cm³/mol. The number of anilines is 1. The number of amides is 1. The third kappa shape index (κ3) is 5.13. The van der Waals surface area contributed by atoms with Crippen molar-refractivity contribution in [2.24, 2.45) is 5.92 Å². The van der Waals surface area contributed by atoms with Gasteiger partial charge in [0.1, 0.15) is 11.6 Å². The third-order valence-electron chi connectivity index (χ3n) is 6.38. The van der Waals surface area contributed by atoms with Crippen molar-refractivity contribution < 1.29 is 13.9 Å². The molecule has 1 aromatic heterocycles. The van der Waals surface area contributed by atoms with Crippen LogP contribution >= 0.6 is 0 Å². The molecule has 1 saturated heterocycles. The molecule has 4 rings (SSSR count). The second kappa shape index (κ2) is 10.0. The van der Waals surface area contributed by atoms with Gasteiger partial charge < -0.3 is 19.4 Å². The highest BCUT2D eigenvalue weighted by molar-refractivity contribution is 5.81. The van der Waals surface area contributed by atoms with Crippen LogP contribution in [0.4, 0.5) is 10.2 Å². The first kappa shape index (κ1) is 22.7. The SMILES string of the molecule is COCCCN(Cc1c(C)nn(-c2cccc(F)c2)c1N1CCN(C)CC1)C(=O)C1CC1. The molecule has 32 heavy (non-hydrogen) atoms. The van der Waals surface area contributed by atoms with Gasteiger partial charge in [-0.3, -0.25) is 4.79 Å². The Balaban J connectivity index is 1.70. The first-order valence-electron chi connectivity index (χ1n) is 11.5. The number of benzene rings is 1. The van der Waals surface area contributed by atoms with E-state index in [0.717, 1.165) is 62.5 Å². The molecule has 0 radical (unpaired) electrons. The fraction of sp³-hybridized carbons (Fsp3) is 0.583. The maximum absolute atomic E-state index is 14.0. The Morgan fingerprint density at radius 3 is 2.66 bits per heavy atom. The standard InChI is InChI=1S/C24H34FN5O2/c1-18-22(17-29(10-5-15-32-3)24(31)19-8-9-19)23(28-13-11-27(2)12-14-28)30(26-18)21-7-4-6-20(25)16-21/h4,6-7,16,19H,5,8-15,17H2,1-3H3. The zero-order chi connectivity index (χ0) is 22.7. The second-order valence-electron chi connectivity index (χ2n) is 8.95. The molecule has 1 saturated carbocycles. The maximum Gasteiger partial charge on any atom is 0.225 e. The predicted octanol–water partition coefficient (Wildman–Crippen LogP) is 2.85. The van der Waals surface area contributed by atoms with Gasteiger partial charge in [-0.05, 0) is 51.4 Å². The van der Waals surface area contributed by atoms with Gasteiger partial charge in [0.15, 0.2) is 0 Å². The molecule has 0 bridgehead atoms. The van der Waals surface area contributed by atoms with Gasteiger partial charge in [-0.2, -0.15) is 5.10 Å². The lowest BCUT2D eigenvalue weighted by Gasteiger charge is -2.35. The van der Waals surface area contributed by atoms with Crippen LogP contribution in [0.2, 0.25) is 0 Å². The number of rotatable bonds is 9. The zero-order valence-corrected chi connectivity index (χ0v) is 19.4. The molecule has 0 unspecified atom stereocenters. The molecule has 0 atom stereocenters. The summed E-state index contributed by atoms with van der Waals surface area (Å²) < 4.78 is 21.1. The Labute approximate surface area is 189 Å². The minimum Gasteiger partial charge on any atom is -0.385 e. The largest absolute Gasteiger partial charge is 0.385 e. The third-order valence-corrected chi connectivity index (χ3v) is 6.38. The average Bonchev–Trinajstić information content (AvgIpc) is 3.58. The van der Waals surface area contributed by atoms with E-state index >= 15 is 0 Å². The van der Waals surface area contributed by atoms with Gasteiger partial charge in [-0.25, -0.2) is 9.07 Å². The summed E-state index contributed by atoms with van der Waals surface area (Å²) in [6, 6.07) is 6.55. The minimum absolute atomic E-state index is 0.156. The van der Waals surface area contributed by atoms with Crippen LogP contribution in [0.25, 0.3) is 5.69 Å². The normalized spacial score (nSPS) is 17.1. The number of aryl methyl sites for hydroxylation is 1. The lowest BCUT2D eigenvalue weighted by Crippen LogP contribution is -2.45. The summed E-state index contributed by atoms with van der Waals surface area (Å²) in [5.74, 6) is 1.07. The molecular weight excluding hydrogens is 409 g/mol. The second-order valence-corrected chi connectivity index (χ2v) is 8.95. The highest BCUT2D eigenvalue weighted by Gasteiger charge is 2.35. The van der Waals surface area contributed by atoms with Crippen LogP contribution in [0.15, 0.2) is 24.3 Å². The van der Waals surface area contributed by atoms with Crippen molar-refractivity contribution >= 4 is 11.7 Å². The number of carbonyl (C=O) groups is 1. The molecule has 1 aromatic carbocycles. The van der Waals surface area contributed by atoms with E-state index in [4.69, 9.17) is 9.84 Å². The highest BCUT2D eigenvalue weighted by atomic mass is 19.1. The van der Waals surface area contributed by atoms with Crippen LogP contribution in [0.1, 0.15) is 30.5 Å². The van der Waals surface area contributed by atoms with E-state index in [-0.39, 0.29) is 17.6 Å². The van der Waals surface area contributed by atoms with Crippen molar-refractivity contribution in [1.29, 1.82) is 0 Å². The molecule has 2 fully saturated rings. The molecule has 8 heteroatoms. The molecule has 7 nitrogen and oxygen atoms in total. The van der Waals surface area contributed by atoms with E-state index in [1.165, 1.54) is 12.1 Å². The molecule has 2 heterocycles. The molecule has 1 amide bonds. The summed E-state index contributed by atoms with van der Waals surface area (Å²) in [6.45, 7) is 7.42. The molecule has 174 valence electrons. The molecule has 0 spiro atoms. The number of carbonyl (C=O) groups excluding carboxylic acids is 1. The summed E-state index contributed by atoms with van der Waals surface area (Å²) in [7, 11) is 3.81. The van der Waals surface area contributed by atoms with Gasteiger partial charge in [0.25, 0.3) is 0 Å². The Bertz CT molecular complexity index is 934. The summed E-state index contributed by atoms with van der Waals surface area (Å²) >= 11 is 0. The topological polar surface area (TPSA) is 53.8 Å². The molecule has 1 aliphatic carbocycles. The van der Waals surface area contributed by atoms with Gasteiger partial charge >= 0.3 is 0 Å². The summed E-state index contributed by atoms with van der Waals surface area (Å²) in [6.07, 6.45) is 2.76. The van der Waals surface area contributed by atoms with E-state index in [1.807, 2.05) is 22.6 Å². The zero-order valence-electron chi connectivity index (χ0n) is 19.4. The van der Waals surface area contributed by atoms with Gasteiger partial charge in [0.2, 0.25) is 5.91 Å². The van der Waals surface area contributed by atoms with Crippen molar-refractivity contribution in [1.82, 2.24) is 19.6 Å². The van der Waals surface area contributed by atoms with Gasteiger partial charge in [0, 0.05) is 57.9 Å². The number of hydrogen-bond acceptors (Lipinski definition) is 5. The van der Waals surface area contributed by atoms with Gasteiger partial charge in [-0.15, -0.1) is 0 Å². The summed E-state index contributed by atoms with van der Waals surface area (Å²) in [5, 5.41) is 4.82. The molecule has 2 aliphatic rings. The number of hydrogen-bond donors (Lipinski definition) is 0. The van der Waals surface area contributed by atoms with Gasteiger partial charge in [0.05, 0.1) is 17.9 Å². The molecule has 1 aliphatic heterocycles. The van der Waals surface area contributed by atoms with E-state index in [1.54, 1.807) is 13.2 Å². The number of halogens is 1. The van der Waals surface area contributed by atoms with Crippen molar-refractivity contribution in [2.45, 2.75) is 32.7 Å². The van der Waals surface area contributed by atoms with Crippen molar-refractivity contribution in [2.75, 3.05) is 58.4 Å². The fourth-order valence-electron chi connectivity index (χ4n) is 4.31. The monoisotopic (exact) mass is 443 g/mol. The quantitative estimate of drug-likeness (QED) is 0.558. The highest BCUT2D eigenvalue weighted by Crippen LogP contribution is 2.34. The van der Waals surface area contributed by atoms with Crippen LogP contribution in [-0.4, -0.2) is 79.0 Å². The van der Waals surface area contributed by atoms with E-state index in [9.17, 15) is 9.18 Å². The average molecular weight is 444 g/mol. The Kier molecular flexibility index (Phi) is 7.10. The Hall–Kier alpha value is -2.45. The number of aromatic nitrogens is 2. The van der Waals surface area contributed by atoms with Crippen LogP contribution in [0.5, 0.6) is 0 Å². The maximum atomic E-state index is 14.0. The minimum atomic E-state index is -0.286. The Morgan fingerprint density at radius 1 is 1.25 bits per heavy atom.